The summed E-state index contributed by atoms with van der Waals surface area (Å²) in [5.74, 6) is -0.0558. The number of nitrogens with zero attached hydrogens (tertiary/aromatic N) is 1. The van der Waals surface area contributed by atoms with Crippen molar-refractivity contribution < 1.29 is 17.6 Å². The lowest BCUT2D eigenvalue weighted by Crippen LogP contribution is -2.26. The fourth-order valence-corrected chi connectivity index (χ4v) is 2.61. The molecule has 0 aliphatic heterocycles. The third-order valence-corrected chi connectivity index (χ3v) is 4.37. The molecule has 0 radical (unpaired) electrons. The summed E-state index contributed by atoms with van der Waals surface area (Å²) in [6.45, 7) is 0.328. The molecule has 7 heteroatoms. The SMILES string of the molecule is CS(=O)(=O)c1ccc(CCNC(=O)/C(C#N)=C\c2ccco2)cc1. The summed E-state index contributed by atoms with van der Waals surface area (Å²) in [4.78, 5) is 12.2. The molecule has 1 N–H and O–H groups in total. The summed E-state index contributed by atoms with van der Waals surface area (Å²) in [6.07, 6.45) is 4.50. The third kappa shape index (κ3) is 4.83. The van der Waals surface area contributed by atoms with Crippen LogP contribution < -0.4 is 5.32 Å². The van der Waals surface area contributed by atoms with Gasteiger partial charge in [0.05, 0.1) is 11.2 Å². The number of sulfone groups is 1. The van der Waals surface area contributed by atoms with Gasteiger partial charge in [0.1, 0.15) is 17.4 Å². The minimum atomic E-state index is -3.22. The second-order valence-electron chi connectivity index (χ2n) is 5.11. The summed E-state index contributed by atoms with van der Waals surface area (Å²) in [5.41, 5.74) is 0.841. The van der Waals surface area contributed by atoms with Crippen LogP contribution in [0.5, 0.6) is 0 Å². The monoisotopic (exact) mass is 344 g/mol. The lowest BCUT2D eigenvalue weighted by Gasteiger charge is -2.05. The average Bonchev–Trinajstić information content (AvgIpc) is 3.05. The van der Waals surface area contributed by atoms with Crippen LogP contribution in [0.3, 0.4) is 0 Å². The van der Waals surface area contributed by atoms with Crippen LogP contribution >= 0.6 is 0 Å². The highest BCUT2D eigenvalue weighted by atomic mass is 32.2. The van der Waals surface area contributed by atoms with E-state index in [0.29, 0.717) is 18.7 Å². The molecule has 0 atom stereocenters. The van der Waals surface area contributed by atoms with Crippen LogP contribution in [-0.4, -0.2) is 27.1 Å². The van der Waals surface area contributed by atoms with E-state index in [2.05, 4.69) is 5.32 Å². The van der Waals surface area contributed by atoms with E-state index in [0.717, 1.165) is 11.8 Å². The van der Waals surface area contributed by atoms with E-state index in [1.54, 1.807) is 24.3 Å². The lowest BCUT2D eigenvalue weighted by atomic mass is 10.1. The number of hydrogen-bond acceptors (Lipinski definition) is 5. The van der Waals surface area contributed by atoms with Crippen LogP contribution in [0.1, 0.15) is 11.3 Å². The van der Waals surface area contributed by atoms with E-state index < -0.39 is 15.7 Å². The molecule has 0 fully saturated rings. The molecule has 0 aliphatic carbocycles. The van der Waals surface area contributed by atoms with Gasteiger partial charge in [-0.05, 0) is 36.2 Å². The molecule has 0 saturated carbocycles. The van der Waals surface area contributed by atoms with Crippen molar-refractivity contribution in [2.75, 3.05) is 12.8 Å². The molecule has 1 aromatic carbocycles. The largest absolute Gasteiger partial charge is 0.465 e. The van der Waals surface area contributed by atoms with Gasteiger partial charge >= 0.3 is 0 Å². The van der Waals surface area contributed by atoms with Gasteiger partial charge in [-0.1, -0.05) is 12.1 Å². The van der Waals surface area contributed by atoms with Gasteiger partial charge in [0, 0.05) is 18.9 Å². The number of hydrogen-bond donors (Lipinski definition) is 1. The van der Waals surface area contributed by atoms with Crippen molar-refractivity contribution in [1.82, 2.24) is 5.32 Å². The van der Waals surface area contributed by atoms with Crippen molar-refractivity contribution in [3.63, 3.8) is 0 Å². The smallest absolute Gasteiger partial charge is 0.262 e. The van der Waals surface area contributed by atoms with Gasteiger partial charge in [-0.15, -0.1) is 0 Å². The van der Waals surface area contributed by atoms with E-state index in [1.165, 1.54) is 24.5 Å². The van der Waals surface area contributed by atoms with Crippen molar-refractivity contribution in [3.8, 4) is 6.07 Å². The van der Waals surface area contributed by atoms with Crippen LogP contribution in [0.25, 0.3) is 6.08 Å². The van der Waals surface area contributed by atoms with E-state index in [-0.39, 0.29) is 10.5 Å². The molecule has 0 aliphatic rings. The Balaban J connectivity index is 1.91. The molecule has 0 unspecified atom stereocenters. The van der Waals surface area contributed by atoms with Crippen molar-refractivity contribution in [3.05, 3.63) is 59.6 Å². The molecular formula is C17H16N2O4S. The second-order valence-corrected chi connectivity index (χ2v) is 7.12. The minimum Gasteiger partial charge on any atom is -0.465 e. The number of nitrogens with one attached hydrogen (secondary N) is 1. The van der Waals surface area contributed by atoms with Gasteiger partial charge in [0.25, 0.3) is 5.91 Å². The summed E-state index contributed by atoms with van der Waals surface area (Å²) in [6, 6.07) is 11.6. The first kappa shape index (κ1) is 17.5. The molecule has 0 saturated heterocycles. The molecule has 0 bridgehead atoms. The van der Waals surface area contributed by atoms with Crippen molar-refractivity contribution >= 4 is 21.8 Å². The van der Waals surface area contributed by atoms with Crippen molar-refractivity contribution in [1.29, 1.82) is 5.26 Å². The van der Waals surface area contributed by atoms with Gasteiger partial charge in [-0.3, -0.25) is 4.79 Å². The number of amides is 1. The fourth-order valence-electron chi connectivity index (χ4n) is 1.98. The highest BCUT2D eigenvalue weighted by Crippen LogP contribution is 2.11. The maximum atomic E-state index is 12.0. The third-order valence-electron chi connectivity index (χ3n) is 3.25. The summed E-state index contributed by atoms with van der Waals surface area (Å²) in [7, 11) is -3.22. The maximum absolute atomic E-state index is 12.0. The second kappa shape index (κ2) is 7.62. The van der Waals surface area contributed by atoms with E-state index in [4.69, 9.17) is 9.68 Å². The normalized spacial score (nSPS) is 11.8. The number of benzene rings is 1. The number of nitriles is 1. The molecule has 1 aromatic heterocycles. The molecule has 2 aromatic rings. The van der Waals surface area contributed by atoms with E-state index >= 15 is 0 Å². The summed E-state index contributed by atoms with van der Waals surface area (Å²) < 4.78 is 27.8. The molecular weight excluding hydrogens is 328 g/mol. The fraction of sp³-hybridized carbons (Fsp3) is 0.176. The zero-order valence-electron chi connectivity index (χ0n) is 13.0. The first-order valence-electron chi connectivity index (χ1n) is 7.12. The highest BCUT2D eigenvalue weighted by Gasteiger charge is 2.10. The Hall–Kier alpha value is -2.85. The summed E-state index contributed by atoms with van der Waals surface area (Å²) >= 11 is 0. The standard InChI is InChI=1S/C17H16N2O4S/c1-24(21,22)16-6-4-13(5-7-16)8-9-19-17(20)14(12-18)11-15-3-2-10-23-15/h2-7,10-11H,8-9H2,1H3,(H,19,20)/b14-11-. The van der Waals surface area contributed by atoms with E-state index in [9.17, 15) is 13.2 Å². The Morgan fingerprint density at radius 3 is 2.54 bits per heavy atom. The Kier molecular flexibility index (Phi) is 5.55. The zero-order valence-corrected chi connectivity index (χ0v) is 13.8. The van der Waals surface area contributed by atoms with Crippen LogP contribution in [0, 0.1) is 11.3 Å². The molecule has 1 amide bonds. The minimum absolute atomic E-state index is 0.0441. The van der Waals surface area contributed by atoms with Gasteiger partial charge in [0.15, 0.2) is 9.84 Å². The Morgan fingerprint density at radius 1 is 1.29 bits per heavy atom. The maximum Gasteiger partial charge on any atom is 0.262 e. The molecule has 0 spiro atoms. The Labute approximate surface area is 140 Å². The summed E-state index contributed by atoms with van der Waals surface area (Å²) in [5, 5.41) is 11.7. The first-order valence-corrected chi connectivity index (χ1v) is 9.02. The molecule has 2 rings (SSSR count). The van der Waals surface area contributed by atoms with Crippen molar-refractivity contribution in [2.45, 2.75) is 11.3 Å². The van der Waals surface area contributed by atoms with Crippen molar-refractivity contribution in [2.24, 2.45) is 0 Å². The van der Waals surface area contributed by atoms with Gasteiger partial charge in [-0.25, -0.2) is 8.42 Å². The van der Waals surface area contributed by atoms with E-state index in [1.807, 2.05) is 6.07 Å². The van der Waals surface area contributed by atoms with Gasteiger partial charge in [-0.2, -0.15) is 5.26 Å². The molecule has 24 heavy (non-hydrogen) atoms. The topological polar surface area (TPSA) is 100 Å². The first-order chi connectivity index (χ1) is 11.4. The van der Waals surface area contributed by atoms with Crippen LogP contribution in [0.15, 0.2) is 57.5 Å². The van der Waals surface area contributed by atoms with Crippen LogP contribution in [0.2, 0.25) is 0 Å². The number of furan rings is 1. The molecule has 124 valence electrons. The zero-order chi connectivity index (χ0) is 17.6. The predicted molar refractivity (Wildman–Crippen MR) is 88.6 cm³/mol. The van der Waals surface area contributed by atoms with Gasteiger partial charge in [0.2, 0.25) is 0 Å². The number of carbonyl (C=O) groups excluding carboxylic acids is 1. The Morgan fingerprint density at radius 2 is 2.00 bits per heavy atom. The average molecular weight is 344 g/mol. The lowest BCUT2D eigenvalue weighted by molar-refractivity contribution is -0.117. The number of rotatable bonds is 6. The Bertz CT molecular complexity index is 874. The van der Waals surface area contributed by atoms with Gasteiger partial charge < -0.3 is 9.73 Å². The predicted octanol–water partition coefficient (Wildman–Crippen LogP) is 1.95. The highest BCUT2D eigenvalue weighted by molar-refractivity contribution is 7.90. The van der Waals surface area contributed by atoms with Crippen LogP contribution in [0.4, 0.5) is 0 Å². The van der Waals surface area contributed by atoms with Crippen LogP contribution in [-0.2, 0) is 21.1 Å². The quantitative estimate of drug-likeness (QED) is 0.638. The molecule has 1 heterocycles. The molecule has 6 nitrogen and oxygen atoms in total. The number of carbonyl (C=O) groups is 1.